The third kappa shape index (κ3) is 5.42. The van der Waals surface area contributed by atoms with E-state index in [1.54, 1.807) is 0 Å². The maximum Gasteiger partial charge on any atom is 0.315 e. The molecular weight excluding hydrogens is 242 g/mol. The molecule has 2 atom stereocenters. The molecule has 5 heteroatoms. The summed E-state index contributed by atoms with van der Waals surface area (Å²) < 4.78 is 0. The number of benzene rings is 1. The highest BCUT2D eigenvalue weighted by molar-refractivity contribution is 5.86. The van der Waals surface area contributed by atoms with Gasteiger partial charge >= 0.3 is 6.03 Å². The summed E-state index contributed by atoms with van der Waals surface area (Å²) in [5, 5.41) is 5.35. The monoisotopic (exact) mass is 263 g/mol. The molecule has 0 aliphatic carbocycles. The van der Waals surface area contributed by atoms with Gasteiger partial charge in [0.05, 0.1) is 0 Å². The van der Waals surface area contributed by atoms with Crippen LogP contribution in [0.25, 0.3) is 0 Å². The largest absolute Gasteiger partial charge is 0.368 e. The minimum Gasteiger partial charge on any atom is -0.368 e. The van der Waals surface area contributed by atoms with Crippen molar-refractivity contribution in [1.29, 1.82) is 0 Å². The van der Waals surface area contributed by atoms with E-state index in [1.165, 1.54) is 0 Å². The first-order valence-corrected chi connectivity index (χ1v) is 6.43. The second-order valence-electron chi connectivity index (χ2n) is 4.57. The minimum absolute atomic E-state index is 0.0604. The van der Waals surface area contributed by atoms with Gasteiger partial charge in [0.1, 0.15) is 6.04 Å². The first-order valence-electron chi connectivity index (χ1n) is 6.43. The zero-order valence-corrected chi connectivity index (χ0v) is 11.3. The molecule has 0 saturated heterocycles. The predicted molar refractivity (Wildman–Crippen MR) is 74.5 cm³/mol. The first kappa shape index (κ1) is 15.0. The lowest BCUT2D eigenvalue weighted by molar-refractivity contribution is -0.119. The molecule has 0 spiro atoms. The zero-order valence-electron chi connectivity index (χ0n) is 11.3. The number of amides is 3. The van der Waals surface area contributed by atoms with Crippen LogP contribution in [0.4, 0.5) is 4.79 Å². The van der Waals surface area contributed by atoms with Crippen molar-refractivity contribution < 1.29 is 9.59 Å². The third-order valence-electron chi connectivity index (χ3n) is 2.92. The van der Waals surface area contributed by atoms with Crippen molar-refractivity contribution in [3.8, 4) is 0 Å². The average molecular weight is 263 g/mol. The summed E-state index contributed by atoms with van der Waals surface area (Å²) in [6, 6.07) is 8.44. The molecule has 0 heterocycles. The van der Waals surface area contributed by atoms with Crippen LogP contribution in [0.3, 0.4) is 0 Å². The van der Waals surface area contributed by atoms with Gasteiger partial charge in [-0.25, -0.2) is 4.79 Å². The smallest absolute Gasteiger partial charge is 0.315 e. The van der Waals surface area contributed by atoms with Crippen LogP contribution >= 0.6 is 0 Å². The Balaban J connectivity index is 2.59. The number of nitrogens with two attached hydrogens (primary N) is 1. The fourth-order valence-electron chi connectivity index (χ4n) is 1.60. The van der Waals surface area contributed by atoms with Gasteiger partial charge < -0.3 is 16.4 Å². The second-order valence-corrected chi connectivity index (χ2v) is 4.57. The van der Waals surface area contributed by atoms with Crippen LogP contribution in [-0.2, 0) is 11.2 Å². The van der Waals surface area contributed by atoms with E-state index in [0.29, 0.717) is 6.42 Å². The van der Waals surface area contributed by atoms with E-state index >= 15 is 0 Å². The average Bonchev–Trinajstić information content (AvgIpc) is 2.38. The number of carbonyl (C=O) groups excluding carboxylic acids is 2. The molecule has 0 bridgehead atoms. The van der Waals surface area contributed by atoms with E-state index in [0.717, 1.165) is 12.0 Å². The summed E-state index contributed by atoms with van der Waals surface area (Å²) in [5.74, 6) is -0.539. The van der Waals surface area contributed by atoms with Crippen LogP contribution in [0.2, 0.25) is 0 Å². The van der Waals surface area contributed by atoms with Crippen molar-refractivity contribution in [1.82, 2.24) is 10.6 Å². The van der Waals surface area contributed by atoms with Gasteiger partial charge in [0.15, 0.2) is 0 Å². The number of primary amides is 1. The maximum absolute atomic E-state index is 11.7. The van der Waals surface area contributed by atoms with Crippen molar-refractivity contribution in [2.75, 3.05) is 0 Å². The molecule has 5 nitrogen and oxygen atoms in total. The molecule has 3 amide bonds. The highest BCUT2D eigenvalue weighted by Gasteiger charge is 2.18. The van der Waals surface area contributed by atoms with E-state index < -0.39 is 11.9 Å². The lowest BCUT2D eigenvalue weighted by Gasteiger charge is -2.18. The van der Waals surface area contributed by atoms with Gasteiger partial charge in [0.2, 0.25) is 5.91 Å². The normalized spacial score (nSPS) is 13.4. The van der Waals surface area contributed by atoms with Gasteiger partial charge in [-0.3, -0.25) is 4.79 Å². The van der Waals surface area contributed by atoms with E-state index in [2.05, 4.69) is 10.6 Å². The zero-order chi connectivity index (χ0) is 14.3. The third-order valence-corrected chi connectivity index (χ3v) is 2.92. The van der Waals surface area contributed by atoms with E-state index in [-0.39, 0.29) is 12.1 Å². The molecule has 0 aliphatic rings. The molecule has 1 aromatic rings. The van der Waals surface area contributed by atoms with Gasteiger partial charge in [-0.15, -0.1) is 0 Å². The highest BCUT2D eigenvalue weighted by Crippen LogP contribution is 2.03. The van der Waals surface area contributed by atoms with E-state index in [4.69, 9.17) is 5.73 Å². The van der Waals surface area contributed by atoms with Gasteiger partial charge in [0.25, 0.3) is 0 Å². The van der Waals surface area contributed by atoms with E-state index in [1.807, 2.05) is 44.2 Å². The van der Waals surface area contributed by atoms with Gasteiger partial charge in [-0.2, -0.15) is 0 Å². The van der Waals surface area contributed by atoms with Gasteiger partial charge in [-0.1, -0.05) is 37.3 Å². The van der Waals surface area contributed by atoms with E-state index in [9.17, 15) is 9.59 Å². The van der Waals surface area contributed by atoms with Crippen LogP contribution in [-0.4, -0.2) is 24.0 Å². The lowest BCUT2D eigenvalue weighted by atomic mass is 10.1. The Hall–Kier alpha value is -2.04. The standard InChI is InChI=1S/C14H21N3O2/c1-3-10(2)16-14(19)17-12(13(15)18)9-11-7-5-4-6-8-11/h4-8,10,12H,3,9H2,1-2H3,(H2,15,18)(H2,16,17,19). The van der Waals surface area contributed by atoms with Gasteiger partial charge in [0, 0.05) is 12.5 Å². The minimum atomic E-state index is -0.702. The van der Waals surface area contributed by atoms with Crippen LogP contribution in [0.15, 0.2) is 30.3 Å². The molecule has 2 unspecified atom stereocenters. The van der Waals surface area contributed by atoms with Crippen molar-refractivity contribution in [3.63, 3.8) is 0 Å². The molecule has 0 radical (unpaired) electrons. The summed E-state index contributed by atoms with van der Waals surface area (Å²) in [4.78, 5) is 23.1. The first-order chi connectivity index (χ1) is 9.02. The number of nitrogens with one attached hydrogen (secondary N) is 2. The van der Waals surface area contributed by atoms with Crippen LogP contribution < -0.4 is 16.4 Å². The number of hydrogen-bond donors (Lipinski definition) is 3. The Bertz CT molecular complexity index is 420. The second kappa shape index (κ2) is 7.41. The maximum atomic E-state index is 11.7. The van der Waals surface area contributed by atoms with Gasteiger partial charge in [-0.05, 0) is 18.9 Å². The highest BCUT2D eigenvalue weighted by atomic mass is 16.2. The summed E-state index contributed by atoms with van der Waals surface area (Å²) in [6.45, 7) is 3.87. The molecule has 0 saturated carbocycles. The van der Waals surface area contributed by atoms with Crippen molar-refractivity contribution >= 4 is 11.9 Å². The quantitative estimate of drug-likeness (QED) is 0.720. The molecule has 1 rings (SSSR count). The van der Waals surface area contributed by atoms with Crippen molar-refractivity contribution in [3.05, 3.63) is 35.9 Å². The summed E-state index contributed by atoms with van der Waals surface area (Å²) in [6.07, 6.45) is 1.22. The topological polar surface area (TPSA) is 84.2 Å². The van der Waals surface area contributed by atoms with Crippen molar-refractivity contribution in [2.24, 2.45) is 5.73 Å². The predicted octanol–water partition coefficient (Wildman–Crippen LogP) is 1.18. The van der Waals surface area contributed by atoms with Crippen LogP contribution in [0, 0.1) is 0 Å². The lowest BCUT2D eigenvalue weighted by Crippen LogP contribution is -2.51. The molecular formula is C14H21N3O2. The molecule has 0 fully saturated rings. The van der Waals surface area contributed by atoms with Crippen LogP contribution in [0.5, 0.6) is 0 Å². The number of carbonyl (C=O) groups is 2. The number of urea groups is 1. The molecule has 0 aromatic heterocycles. The summed E-state index contributed by atoms with van der Waals surface area (Å²) in [7, 11) is 0. The Labute approximate surface area is 113 Å². The fraction of sp³-hybridized carbons (Fsp3) is 0.429. The SMILES string of the molecule is CCC(C)NC(=O)NC(Cc1ccccc1)C(N)=O. The number of hydrogen-bond acceptors (Lipinski definition) is 2. The Morgan fingerprint density at radius 2 is 1.84 bits per heavy atom. The number of rotatable bonds is 6. The Morgan fingerprint density at radius 3 is 2.37 bits per heavy atom. The molecule has 1 aromatic carbocycles. The molecule has 104 valence electrons. The van der Waals surface area contributed by atoms with Crippen molar-refractivity contribution in [2.45, 2.75) is 38.8 Å². The Morgan fingerprint density at radius 1 is 1.21 bits per heavy atom. The molecule has 19 heavy (non-hydrogen) atoms. The summed E-state index contributed by atoms with van der Waals surface area (Å²) in [5.41, 5.74) is 6.27. The Kier molecular flexibility index (Phi) is 5.85. The van der Waals surface area contributed by atoms with Crippen LogP contribution in [0.1, 0.15) is 25.8 Å². The summed E-state index contributed by atoms with van der Waals surface area (Å²) >= 11 is 0. The molecule has 4 N–H and O–H groups in total. The fourth-order valence-corrected chi connectivity index (χ4v) is 1.60. The molecule has 0 aliphatic heterocycles.